The fourth-order valence-electron chi connectivity index (χ4n) is 6.58. The Hall–Kier alpha value is -5.74. The fourth-order valence-corrected chi connectivity index (χ4v) is 6.58. The molecule has 0 N–H and O–H groups in total. The highest BCUT2D eigenvalue weighted by atomic mass is 15.2. The van der Waals surface area contributed by atoms with E-state index in [0.29, 0.717) is 0 Å². The number of anilines is 3. The predicted octanol–water partition coefficient (Wildman–Crippen LogP) is 9.84. The summed E-state index contributed by atoms with van der Waals surface area (Å²) in [5, 5.41) is 3.51. The minimum Gasteiger partial charge on any atom is -0.309 e. The molecule has 2 aromatic heterocycles. The number of nitrogens with zero attached hydrogens (tertiary/aromatic N) is 4. The van der Waals surface area contributed by atoms with Crippen LogP contribution in [0.3, 0.4) is 0 Å². The number of para-hydroxylation sites is 3. The first-order chi connectivity index (χ1) is 20.8. The summed E-state index contributed by atoms with van der Waals surface area (Å²) in [5.41, 5.74) is 11.3. The third kappa shape index (κ3) is 3.29. The molecule has 3 heterocycles. The van der Waals surface area contributed by atoms with E-state index >= 15 is 0 Å². The van der Waals surface area contributed by atoms with E-state index in [9.17, 15) is 0 Å². The lowest BCUT2D eigenvalue weighted by Crippen LogP contribution is -2.16. The van der Waals surface area contributed by atoms with Crippen molar-refractivity contribution in [3.05, 3.63) is 146 Å². The molecule has 0 unspecified atom stereocenters. The van der Waals surface area contributed by atoms with E-state index in [1.807, 2.05) is 0 Å². The van der Waals surface area contributed by atoms with Crippen LogP contribution in [-0.2, 0) is 0 Å². The van der Waals surface area contributed by atoms with Crippen molar-refractivity contribution in [2.24, 2.45) is 0 Å². The summed E-state index contributed by atoms with van der Waals surface area (Å²) in [4.78, 5) is 12.0. The van der Waals surface area contributed by atoms with Crippen molar-refractivity contribution >= 4 is 49.9 Å². The maximum absolute atomic E-state index is 4.90. The smallest absolute Gasteiger partial charge is 0.149 e. The van der Waals surface area contributed by atoms with Gasteiger partial charge in [-0.25, -0.2) is 9.97 Å². The van der Waals surface area contributed by atoms with Crippen LogP contribution in [-0.4, -0.2) is 14.5 Å². The first kappa shape index (κ1) is 23.0. The van der Waals surface area contributed by atoms with Gasteiger partial charge in [-0.15, -0.1) is 0 Å². The van der Waals surface area contributed by atoms with Crippen LogP contribution in [0.1, 0.15) is 0 Å². The zero-order chi connectivity index (χ0) is 27.6. The Morgan fingerprint density at radius 1 is 0.476 bits per heavy atom. The summed E-state index contributed by atoms with van der Waals surface area (Å²) >= 11 is 0. The van der Waals surface area contributed by atoms with Gasteiger partial charge in [0.2, 0.25) is 0 Å². The molecule has 196 valence electrons. The second-order valence-electron chi connectivity index (χ2n) is 10.7. The van der Waals surface area contributed by atoms with Crippen molar-refractivity contribution < 1.29 is 0 Å². The number of rotatable bonds is 3. The zero-order valence-corrected chi connectivity index (χ0v) is 22.6. The quantitative estimate of drug-likeness (QED) is 0.225. The van der Waals surface area contributed by atoms with E-state index in [1.54, 1.807) is 6.33 Å². The van der Waals surface area contributed by atoms with Gasteiger partial charge in [0, 0.05) is 27.7 Å². The Morgan fingerprint density at radius 2 is 1.21 bits per heavy atom. The van der Waals surface area contributed by atoms with E-state index in [-0.39, 0.29) is 0 Å². The van der Waals surface area contributed by atoms with Crippen molar-refractivity contribution in [2.75, 3.05) is 4.90 Å². The number of hydrogen-bond acceptors (Lipinski definition) is 3. The van der Waals surface area contributed by atoms with Crippen LogP contribution in [0.5, 0.6) is 0 Å². The third-order valence-electron chi connectivity index (χ3n) is 8.40. The van der Waals surface area contributed by atoms with Crippen molar-refractivity contribution in [3.63, 3.8) is 0 Å². The standard InChI is InChI=1S/C38H24N4/c1-3-11-25(12-4-1)26-21-32-30-16-8-10-18-35(30)42(38-37(32)33(22-26)39-24-40-38)28-19-20-36-31(23-28)29-15-7-9-17-34(29)41(36)27-13-5-2-6-14-27/h1-24H. The van der Waals surface area contributed by atoms with Gasteiger partial charge in [0.15, 0.2) is 0 Å². The van der Waals surface area contributed by atoms with Crippen molar-refractivity contribution in [1.29, 1.82) is 0 Å². The Kier molecular flexibility index (Phi) is 4.87. The van der Waals surface area contributed by atoms with E-state index in [4.69, 9.17) is 9.97 Å². The first-order valence-corrected chi connectivity index (χ1v) is 14.2. The molecule has 0 bridgehead atoms. The summed E-state index contributed by atoms with van der Waals surface area (Å²) in [5.74, 6) is 0.902. The second kappa shape index (κ2) is 8.88. The van der Waals surface area contributed by atoms with Crippen LogP contribution in [0.15, 0.2) is 146 Å². The summed E-state index contributed by atoms with van der Waals surface area (Å²) in [6.45, 7) is 0. The molecule has 8 aromatic rings. The molecule has 0 radical (unpaired) electrons. The zero-order valence-electron chi connectivity index (χ0n) is 22.6. The van der Waals surface area contributed by atoms with E-state index in [1.165, 1.54) is 32.9 Å². The van der Waals surface area contributed by atoms with Gasteiger partial charge in [0.25, 0.3) is 0 Å². The molecular weight excluding hydrogens is 512 g/mol. The molecule has 0 atom stereocenters. The van der Waals surface area contributed by atoms with Crippen molar-refractivity contribution in [2.45, 2.75) is 0 Å². The molecule has 0 saturated carbocycles. The summed E-state index contributed by atoms with van der Waals surface area (Å²) in [6.07, 6.45) is 1.69. The Morgan fingerprint density at radius 3 is 2.10 bits per heavy atom. The highest BCUT2D eigenvalue weighted by molar-refractivity contribution is 6.15. The van der Waals surface area contributed by atoms with Gasteiger partial charge in [-0.3, -0.25) is 4.90 Å². The van der Waals surface area contributed by atoms with Gasteiger partial charge in [-0.05, 0) is 71.3 Å². The molecule has 0 spiro atoms. The van der Waals surface area contributed by atoms with Crippen molar-refractivity contribution in [1.82, 2.24) is 14.5 Å². The largest absolute Gasteiger partial charge is 0.309 e. The average molecular weight is 537 g/mol. The predicted molar refractivity (Wildman–Crippen MR) is 173 cm³/mol. The summed E-state index contributed by atoms with van der Waals surface area (Å²) in [6, 6.07) is 49.6. The lowest BCUT2D eigenvalue weighted by Gasteiger charge is -2.32. The van der Waals surface area contributed by atoms with Crippen LogP contribution in [0, 0.1) is 0 Å². The number of fused-ring (bicyclic) bond motifs is 5. The van der Waals surface area contributed by atoms with Crippen molar-refractivity contribution in [3.8, 4) is 27.9 Å². The third-order valence-corrected chi connectivity index (χ3v) is 8.40. The number of benzene rings is 6. The summed E-state index contributed by atoms with van der Waals surface area (Å²) in [7, 11) is 0. The van der Waals surface area contributed by atoms with Crippen LogP contribution in [0.4, 0.5) is 17.2 Å². The second-order valence-corrected chi connectivity index (χ2v) is 10.7. The van der Waals surface area contributed by atoms with Crippen LogP contribution < -0.4 is 4.90 Å². The topological polar surface area (TPSA) is 34.0 Å². The first-order valence-electron chi connectivity index (χ1n) is 14.2. The molecule has 0 fully saturated rings. The maximum Gasteiger partial charge on any atom is 0.149 e. The van der Waals surface area contributed by atoms with Crippen LogP contribution in [0.25, 0.3) is 60.6 Å². The molecule has 1 aliphatic heterocycles. The number of aromatic nitrogens is 3. The van der Waals surface area contributed by atoms with E-state index in [0.717, 1.165) is 44.9 Å². The van der Waals surface area contributed by atoms with Gasteiger partial charge in [0.05, 0.1) is 27.6 Å². The molecule has 0 saturated heterocycles. The minimum absolute atomic E-state index is 0.902. The molecule has 9 rings (SSSR count). The molecule has 0 amide bonds. The molecule has 4 nitrogen and oxygen atoms in total. The van der Waals surface area contributed by atoms with E-state index < -0.39 is 0 Å². The van der Waals surface area contributed by atoms with Gasteiger partial charge < -0.3 is 4.57 Å². The van der Waals surface area contributed by atoms with Gasteiger partial charge in [-0.1, -0.05) is 84.9 Å². The SMILES string of the molecule is c1ccc(-c2cc3c4c(ncnc4c2)N(c2ccc4c(c2)c2ccccc2n4-c2ccccc2)c2ccccc2-3)cc1. The Balaban J connectivity index is 1.31. The van der Waals surface area contributed by atoms with Gasteiger partial charge >= 0.3 is 0 Å². The molecule has 4 heteroatoms. The molecule has 6 aromatic carbocycles. The normalized spacial score (nSPS) is 12.2. The molecule has 1 aliphatic rings. The lowest BCUT2D eigenvalue weighted by atomic mass is 9.91. The molecular formula is C38H24N4. The Labute approximate surface area is 242 Å². The van der Waals surface area contributed by atoms with Crippen LogP contribution >= 0.6 is 0 Å². The Bertz CT molecular complexity index is 2300. The highest BCUT2D eigenvalue weighted by Gasteiger charge is 2.28. The maximum atomic E-state index is 4.90. The number of hydrogen-bond donors (Lipinski definition) is 0. The average Bonchev–Trinajstić information content (AvgIpc) is 3.39. The fraction of sp³-hybridized carbons (Fsp3) is 0. The van der Waals surface area contributed by atoms with Crippen LogP contribution in [0.2, 0.25) is 0 Å². The molecule has 0 aliphatic carbocycles. The highest BCUT2D eigenvalue weighted by Crippen LogP contribution is 2.51. The van der Waals surface area contributed by atoms with E-state index in [2.05, 4.69) is 149 Å². The summed E-state index contributed by atoms with van der Waals surface area (Å²) < 4.78 is 2.35. The minimum atomic E-state index is 0.902. The molecule has 42 heavy (non-hydrogen) atoms. The lowest BCUT2D eigenvalue weighted by molar-refractivity contribution is 1.14. The van der Waals surface area contributed by atoms with Gasteiger partial charge in [-0.2, -0.15) is 0 Å². The van der Waals surface area contributed by atoms with Gasteiger partial charge in [0.1, 0.15) is 12.1 Å². The monoisotopic (exact) mass is 536 g/mol.